The lowest BCUT2D eigenvalue weighted by Crippen LogP contribution is -2.41. The first kappa shape index (κ1) is 21.4. The molecular formula is C26H31N5O3. The summed E-state index contributed by atoms with van der Waals surface area (Å²) >= 11 is 0. The van der Waals surface area contributed by atoms with Crippen molar-refractivity contribution >= 4 is 16.9 Å². The molecule has 0 spiro atoms. The Morgan fingerprint density at radius 2 is 2.00 bits per heavy atom. The zero-order valence-corrected chi connectivity index (χ0v) is 20.0. The Bertz CT molecular complexity index is 1370. The van der Waals surface area contributed by atoms with E-state index in [2.05, 4.69) is 0 Å². The Labute approximate surface area is 198 Å². The second kappa shape index (κ2) is 7.70. The van der Waals surface area contributed by atoms with Gasteiger partial charge in [0, 0.05) is 43.3 Å². The summed E-state index contributed by atoms with van der Waals surface area (Å²) in [7, 11) is 3.54. The number of likely N-dealkylation sites (tertiary alicyclic amines) is 1. The van der Waals surface area contributed by atoms with Gasteiger partial charge >= 0.3 is 0 Å². The number of imidazole rings is 1. The molecule has 3 atom stereocenters. The van der Waals surface area contributed by atoms with E-state index in [1.165, 1.54) is 0 Å². The fraction of sp³-hybridized carbons (Fsp3) is 0.500. The number of aryl methyl sites for hydroxylation is 2. The van der Waals surface area contributed by atoms with Crippen LogP contribution in [0.1, 0.15) is 41.6 Å². The van der Waals surface area contributed by atoms with Crippen molar-refractivity contribution in [2.45, 2.75) is 51.2 Å². The minimum absolute atomic E-state index is 0.0176. The van der Waals surface area contributed by atoms with Crippen LogP contribution in [0.5, 0.6) is 5.75 Å². The van der Waals surface area contributed by atoms with Crippen molar-refractivity contribution in [3.05, 3.63) is 45.7 Å². The normalized spacial score (nSPS) is 23.8. The summed E-state index contributed by atoms with van der Waals surface area (Å²) in [4.78, 5) is 33.3. The van der Waals surface area contributed by atoms with Gasteiger partial charge in [0.2, 0.25) is 0 Å². The number of fused-ring (bicyclic) bond motifs is 3. The number of hydrogen-bond donors (Lipinski definition) is 1. The van der Waals surface area contributed by atoms with Crippen LogP contribution in [-0.2, 0) is 13.6 Å². The zero-order chi connectivity index (χ0) is 23.7. The summed E-state index contributed by atoms with van der Waals surface area (Å²) in [5, 5.41) is 0. The number of methoxy groups -OCH3 is 1. The number of benzene rings is 1. The molecule has 1 amide bonds. The van der Waals surface area contributed by atoms with Gasteiger partial charge in [0.25, 0.3) is 11.5 Å². The summed E-state index contributed by atoms with van der Waals surface area (Å²) in [6.45, 7) is 3.27. The maximum absolute atomic E-state index is 13.5. The SMILES string of the molecule is COc1cc(C(=O)N2C[C@H]3CC[C@@H]2[C@@H]3N)cc2nc(-c3ccc(C)c(=O)n3CC3CC3)n(C)c12. The predicted molar refractivity (Wildman–Crippen MR) is 130 cm³/mol. The van der Waals surface area contributed by atoms with E-state index in [4.69, 9.17) is 15.5 Å². The van der Waals surface area contributed by atoms with Gasteiger partial charge < -0.3 is 24.5 Å². The third kappa shape index (κ3) is 3.19. The van der Waals surface area contributed by atoms with Crippen molar-refractivity contribution in [1.82, 2.24) is 19.0 Å². The van der Waals surface area contributed by atoms with Crippen molar-refractivity contribution < 1.29 is 9.53 Å². The fourth-order valence-electron chi connectivity index (χ4n) is 5.89. The Kier molecular flexibility index (Phi) is 4.85. The maximum atomic E-state index is 13.5. The largest absolute Gasteiger partial charge is 0.494 e. The molecule has 178 valence electrons. The molecule has 2 aliphatic carbocycles. The van der Waals surface area contributed by atoms with E-state index in [-0.39, 0.29) is 23.6 Å². The topological polar surface area (TPSA) is 95.4 Å². The maximum Gasteiger partial charge on any atom is 0.254 e. The Morgan fingerprint density at radius 3 is 2.65 bits per heavy atom. The van der Waals surface area contributed by atoms with E-state index < -0.39 is 0 Å². The molecule has 0 unspecified atom stereocenters. The van der Waals surface area contributed by atoms with Gasteiger partial charge in [0.05, 0.1) is 18.3 Å². The molecule has 8 heteroatoms. The molecular weight excluding hydrogens is 430 g/mol. The quantitative estimate of drug-likeness (QED) is 0.630. The summed E-state index contributed by atoms with van der Waals surface area (Å²) in [6.07, 6.45) is 4.38. The van der Waals surface area contributed by atoms with Gasteiger partial charge in [-0.2, -0.15) is 0 Å². The Hall–Kier alpha value is -3.13. The summed E-state index contributed by atoms with van der Waals surface area (Å²) < 4.78 is 9.54. The number of pyridine rings is 1. The molecule has 2 N–H and O–H groups in total. The van der Waals surface area contributed by atoms with Gasteiger partial charge in [-0.15, -0.1) is 0 Å². The molecule has 34 heavy (non-hydrogen) atoms. The van der Waals surface area contributed by atoms with Gasteiger partial charge in [-0.1, -0.05) is 6.07 Å². The van der Waals surface area contributed by atoms with Crippen LogP contribution >= 0.6 is 0 Å². The van der Waals surface area contributed by atoms with Gasteiger partial charge in [-0.05, 0) is 62.6 Å². The summed E-state index contributed by atoms with van der Waals surface area (Å²) in [6, 6.07) is 7.67. The van der Waals surface area contributed by atoms with E-state index in [0.29, 0.717) is 41.0 Å². The standard InChI is InChI=1S/C26H31N5O3/c1-14-4-8-20(30(25(14)32)12-15-5-6-15)24-28-18-10-17(11-21(34-3)23(18)29(24)2)26(33)31-13-16-7-9-19(31)22(16)27/h4,8,10-11,15-16,19,22H,5-7,9,12-13,27H2,1-3H3/t16-,19-,22-/m1/s1. The predicted octanol–water partition coefficient (Wildman–Crippen LogP) is 2.69. The highest BCUT2D eigenvalue weighted by atomic mass is 16.5. The molecule has 1 aliphatic heterocycles. The highest BCUT2D eigenvalue weighted by Gasteiger charge is 2.47. The minimum atomic E-state index is -0.0176. The van der Waals surface area contributed by atoms with E-state index >= 15 is 0 Å². The number of nitrogens with two attached hydrogens (primary N) is 1. The average molecular weight is 462 g/mol. The van der Waals surface area contributed by atoms with Crippen molar-refractivity contribution in [3.63, 3.8) is 0 Å². The number of hydrogen-bond acceptors (Lipinski definition) is 5. The second-order valence-corrected chi connectivity index (χ2v) is 10.2. The molecule has 6 rings (SSSR count). The van der Waals surface area contributed by atoms with E-state index in [1.54, 1.807) is 13.2 Å². The molecule has 0 radical (unpaired) electrons. The lowest BCUT2D eigenvalue weighted by atomic mass is 10.1. The van der Waals surface area contributed by atoms with E-state index in [1.807, 2.05) is 46.2 Å². The van der Waals surface area contributed by atoms with Crippen LogP contribution in [0, 0.1) is 18.8 Å². The lowest BCUT2D eigenvalue weighted by Gasteiger charge is -2.27. The third-order valence-electron chi connectivity index (χ3n) is 8.05. The van der Waals surface area contributed by atoms with Crippen LogP contribution in [0.4, 0.5) is 0 Å². The van der Waals surface area contributed by atoms with Crippen molar-refractivity contribution in [1.29, 1.82) is 0 Å². The van der Waals surface area contributed by atoms with Crippen LogP contribution in [0.25, 0.3) is 22.6 Å². The van der Waals surface area contributed by atoms with E-state index in [9.17, 15) is 9.59 Å². The van der Waals surface area contributed by atoms with Crippen LogP contribution in [0.15, 0.2) is 29.1 Å². The monoisotopic (exact) mass is 461 g/mol. The number of nitrogens with zero attached hydrogens (tertiary/aromatic N) is 4. The molecule has 3 aromatic rings. The molecule has 2 aromatic heterocycles. The molecule has 1 aromatic carbocycles. The van der Waals surface area contributed by atoms with E-state index in [0.717, 1.165) is 49.0 Å². The number of aromatic nitrogens is 3. The zero-order valence-electron chi connectivity index (χ0n) is 20.0. The van der Waals surface area contributed by atoms with Gasteiger partial charge in [-0.25, -0.2) is 4.98 Å². The number of carbonyl (C=O) groups excluding carboxylic acids is 1. The second-order valence-electron chi connectivity index (χ2n) is 10.2. The first-order valence-corrected chi connectivity index (χ1v) is 12.2. The van der Waals surface area contributed by atoms with Gasteiger partial charge in [0.15, 0.2) is 5.82 Å². The Morgan fingerprint density at radius 1 is 1.21 bits per heavy atom. The molecule has 1 saturated heterocycles. The number of amides is 1. The number of rotatable bonds is 5. The first-order valence-electron chi connectivity index (χ1n) is 12.2. The Balaban J connectivity index is 1.45. The molecule has 2 bridgehead atoms. The molecule has 2 saturated carbocycles. The summed E-state index contributed by atoms with van der Waals surface area (Å²) in [5.74, 6) is 2.22. The minimum Gasteiger partial charge on any atom is -0.494 e. The smallest absolute Gasteiger partial charge is 0.254 e. The third-order valence-corrected chi connectivity index (χ3v) is 8.05. The van der Waals surface area contributed by atoms with Crippen LogP contribution < -0.4 is 16.0 Å². The van der Waals surface area contributed by atoms with Crippen molar-refractivity contribution in [2.75, 3.05) is 13.7 Å². The summed E-state index contributed by atoms with van der Waals surface area (Å²) in [5.41, 5.74) is 9.93. The highest BCUT2D eigenvalue weighted by molar-refractivity contribution is 6.00. The van der Waals surface area contributed by atoms with Gasteiger partial charge in [0.1, 0.15) is 11.3 Å². The molecule has 3 heterocycles. The average Bonchev–Trinajstić information content (AvgIpc) is 3.42. The van der Waals surface area contributed by atoms with Crippen LogP contribution in [-0.4, -0.2) is 50.7 Å². The number of ether oxygens (including phenoxy) is 1. The molecule has 3 fully saturated rings. The van der Waals surface area contributed by atoms with Crippen molar-refractivity contribution in [2.24, 2.45) is 24.6 Å². The highest BCUT2D eigenvalue weighted by Crippen LogP contribution is 2.39. The van der Waals surface area contributed by atoms with Gasteiger partial charge in [-0.3, -0.25) is 9.59 Å². The van der Waals surface area contributed by atoms with Crippen LogP contribution in [0.3, 0.4) is 0 Å². The lowest BCUT2D eigenvalue weighted by molar-refractivity contribution is 0.0700. The number of carbonyl (C=O) groups is 1. The first-order chi connectivity index (χ1) is 16.4. The fourth-order valence-corrected chi connectivity index (χ4v) is 5.89. The molecule has 8 nitrogen and oxygen atoms in total. The number of piperidine rings is 1. The van der Waals surface area contributed by atoms with Crippen molar-refractivity contribution in [3.8, 4) is 17.3 Å². The molecule has 3 aliphatic rings. The van der Waals surface area contributed by atoms with Crippen LogP contribution in [0.2, 0.25) is 0 Å².